The summed E-state index contributed by atoms with van der Waals surface area (Å²) in [5.41, 5.74) is 6.03. The van der Waals surface area contributed by atoms with Gasteiger partial charge in [0.1, 0.15) is 17.3 Å². The highest BCUT2D eigenvalue weighted by Crippen LogP contribution is 2.25. The summed E-state index contributed by atoms with van der Waals surface area (Å²) in [5.74, 6) is 0.951. The molecule has 0 spiro atoms. The smallest absolute Gasteiger partial charge is 0.171 e. The van der Waals surface area contributed by atoms with Gasteiger partial charge in [-0.1, -0.05) is 6.92 Å². The van der Waals surface area contributed by atoms with Crippen molar-refractivity contribution in [1.82, 2.24) is 0 Å². The molecule has 0 aliphatic heterocycles. The first-order chi connectivity index (χ1) is 8.70. The number of furan rings is 1. The summed E-state index contributed by atoms with van der Waals surface area (Å²) in [4.78, 5) is 0. The first kappa shape index (κ1) is 12.6. The molecule has 0 saturated heterocycles. The van der Waals surface area contributed by atoms with E-state index >= 15 is 0 Å². The number of halogens is 1. The maximum absolute atomic E-state index is 12.8. The fraction of sp³-hybridized carbons (Fsp3) is 0.286. The SMILES string of the molecule is CCC(N)C(Oc1ccc(F)cc1)c1ccco1. The molecule has 18 heavy (non-hydrogen) atoms. The minimum atomic E-state index is -0.365. The van der Waals surface area contributed by atoms with Crippen molar-refractivity contribution in [3.63, 3.8) is 0 Å². The lowest BCUT2D eigenvalue weighted by atomic mass is 10.1. The number of nitrogens with two attached hydrogens (primary N) is 1. The van der Waals surface area contributed by atoms with Gasteiger partial charge in [-0.3, -0.25) is 0 Å². The van der Waals surface area contributed by atoms with Crippen LogP contribution in [0.25, 0.3) is 0 Å². The molecule has 2 N–H and O–H groups in total. The molecule has 0 aliphatic carbocycles. The lowest BCUT2D eigenvalue weighted by Gasteiger charge is -2.22. The molecule has 2 unspecified atom stereocenters. The fourth-order valence-corrected chi connectivity index (χ4v) is 1.68. The summed E-state index contributed by atoms with van der Waals surface area (Å²) in [6, 6.07) is 9.29. The summed E-state index contributed by atoms with van der Waals surface area (Å²) in [6.07, 6.45) is 1.97. The van der Waals surface area contributed by atoms with E-state index in [4.69, 9.17) is 14.9 Å². The minimum Gasteiger partial charge on any atom is -0.481 e. The van der Waals surface area contributed by atoms with E-state index in [2.05, 4.69) is 0 Å². The van der Waals surface area contributed by atoms with Gasteiger partial charge in [0.15, 0.2) is 6.10 Å². The van der Waals surface area contributed by atoms with Gasteiger partial charge < -0.3 is 14.9 Å². The monoisotopic (exact) mass is 249 g/mol. The second-order valence-corrected chi connectivity index (χ2v) is 4.08. The van der Waals surface area contributed by atoms with Gasteiger partial charge in [-0.05, 0) is 42.8 Å². The van der Waals surface area contributed by atoms with Crippen LogP contribution in [0, 0.1) is 5.82 Å². The van der Waals surface area contributed by atoms with Crippen LogP contribution in [0.15, 0.2) is 47.1 Å². The van der Waals surface area contributed by atoms with Crippen molar-refractivity contribution in [2.24, 2.45) is 5.73 Å². The van der Waals surface area contributed by atoms with E-state index in [-0.39, 0.29) is 18.0 Å². The predicted molar refractivity (Wildman–Crippen MR) is 66.7 cm³/mol. The van der Waals surface area contributed by atoms with Crippen LogP contribution in [0.1, 0.15) is 25.2 Å². The highest BCUT2D eigenvalue weighted by molar-refractivity contribution is 5.23. The quantitative estimate of drug-likeness (QED) is 0.884. The zero-order chi connectivity index (χ0) is 13.0. The summed E-state index contributed by atoms with van der Waals surface area (Å²) >= 11 is 0. The maximum Gasteiger partial charge on any atom is 0.171 e. The molecule has 1 aromatic carbocycles. The largest absolute Gasteiger partial charge is 0.481 e. The number of rotatable bonds is 5. The Kier molecular flexibility index (Phi) is 3.99. The Hall–Kier alpha value is -1.81. The molecular weight excluding hydrogens is 233 g/mol. The summed E-state index contributed by atoms with van der Waals surface area (Å²) < 4.78 is 23.9. The summed E-state index contributed by atoms with van der Waals surface area (Å²) in [5, 5.41) is 0. The first-order valence-corrected chi connectivity index (χ1v) is 5.92. The molecule has 2 rings (SSSR count). The highest BCUT2D eigenvalue weighted by atomic mass is 19.1. The zero-order valence-electron chi connectivity index (χ0n) is 10.2. The first-order valence-electron chi connectivity index (χ1n) is 5.92. The van der Waals surface area contributed by atoms with Crippen LogP contribution in [0.4, 0.5) is 4.39 Å². The molecule has 2 aromatic rings. The van der Waals surface area contributed by atoms with Gasteiger partial charge in [-0.25, -0.2) is 4.39 Å². The van der Waals surface area contributed by atoms with Crippen molar-refractivity contribution in [1.29, 1.82) is 0 Å². The van der Waals surface area contributed by atoms with Crippen molar-refractivity contribution in [3.05, 3.63) is 54.2 Å². The van der Waals surface area contributed by atoms with E-state index in [1.165, 1.54) is 12.1 Å². The molecule has 1 aromatic heterocycles. The Morgan fingerprint density at radius 2 is 2.00 bits per heavy atom. The van der Waals surface area contributed by atoms with Crippen molar-refractivity contribution in [2.75, 3.05) is 0 Å². The minimum absolute atomic E-state index is 0.179. The average Bonchev–Trinajstić information content (AvgIpc) is 2.91. The number of ether oxygens (including phenoxy) is 1. The Morgan fingerprint density at radius 3 is 2.56 bits per heavy atom. The molecule has 0 bridgehead atoms. The van der Waals surface area contributed by atoms with Gasteiger partial charge in [-0.2, -0.15) is 0 Å². The van der Waals surface area contributed by atoms with Gasteiger partial charge >= 0.3 is 0 Å². The van der Waals surface area contributed by atoms with E-state index in [0.29, 0.717) is 11.5 Å². The molecule has 0 fully saturated rings. The standard InChI is InChI=1S/C14H16FNO2/c1-2-12(16)14(13-4-3-9-17-13)18-11-7-5-10(15)6-8-11/h3-9,12,14H,2,16H2,1H3. The molecular formula is C14H16FNO2. The highest BCUT2D eigenvalue weighted by Gasteiger charge is 2.23. The molecule has 2 atom stereocenters. The molecule has 1 heterocycles. The number of benzene rings is 1. The van der Waals surface area contributed by atoms with E-state index in [9.17, 15) is 4.39 Å². The van der Waals surface area contributed by atoms with E-state index in [1.54, 1.807) is 24.5 Å². The van der Waals surface area contributed by atoms with Crippen molar-refractivity contribution < 1.29 is 13.5 Å². The molecule has 96 valence electrons. The second kappa shape index (κ2) is 5.69. The molecule has 0 saturated carbocycles. The van der Waals surface area contributed by atoms with E-state index in [0.717, 1.165) is 6.42 Å². The van der Waals surface area contributed by atoms with E-state index in [1.807, 2.05) is 13.0 Å². The van der Waals surface area contributed by atoms with Gasteiger partial charge in [-0.15, -0.1) is 0 Å². The van der Waals surface area contributed by atoms with Gasteiger partial charge in [0, 0.05) is 6.04 Å². The van der Waals surface area contributed by atoms with E-state index < -0.39 is 0 Å². The van der Waals surface area contributed by atoms with Crippen LogP contribution in [-0.4, -0.2) is 6.04 Å². The van der Waals surface area contributed by atoms with Crippen LogP contribution in [0.2, 0.25) is 0 Å². The number of hydrogen-bond acceptors (Lipinski definition) is 3. The van der Waals surface area contributed by atoms with Crippen molar-refractivity contribution in [3.8, 4) is 5.75 Å². The van der Waals surface area contributed by atoms with Gasteiger partial charge in [0.2, 0.25) is 0 Å². The Morgan fingerprint density at radius 1 is 1.28 bits per heavy atom. The van der Waals surface area contributed by atoms with Crippen LogP contribution < -0.4 is 10.5 Å². The molecule has 0 amide bonds. The third-order valence-corrected chi connectivity index (χ3v) is 2.76. The molecule has 3 nitrogen and oxygen atoms in total. The Labute approximate surface area is 105 Å². The average molecular weight is 249 g/mol. The van der Waals surface area contributed by atoms with Crippen molar-refractivity contribution >= 4 is 0 Å². The van der Waals surface area contributed by atoms with Gasteiger partial charge in [0.25, 0.3) is 0 Å². The Bertz CT molecular complexity index is 467. The molecule has 4 heteroatoms. The van der Waals surface area contributed by atoms with Crippen LogP contribution in [0.3, 0.4) is 0 Å². The third-order valence-electron chi connectivity index (χ3n) is 2.76. The van der Waals surface area contributed by atoms with Crippen LogP contribution >= 0.6 is 0 Å². The van der Waals surface area contributed by atoms with Gasteiger partial charge in [0.05, 0.1) is 6.26 Å². The fourth-order valence-electron chi connectivity index (χ4n) is 1.68. The Balaban J connectivity index is 2.17. The summed E-state index contributed by atoms with van der Waals surface area (Å²) in [6.45, 7) is 1.98. The van der Waals surface area contributed by atoms with Crippen molar-refractivity contribution in [2.45, 2.75) is 25.5 Å². The lowest BCUT2D eigenvalue weighted by Crippen LogP contribution is -2.31. The van der Waals surface area contributed by atoms with Crippen LogP contribution in [-0.2, 0) is 0 Å². The number of hydrogen-bond donors (Lipinski definition) is 1. The normalized spacial score (nSPS) is 14.2. The zero-order valence-corrected chi connectivity index (χ0v) is 10.2. The topological polar surface area (TPSA) is 48.4 Å². The third kappa shape index (κ3) is 2.90. The second-order valence-electron chi connectivity index (χ2n) is 4.08. The predicted octanol–water partition coefficient (Wildman–Crippen LogP) is 3.28. The maximum atomic E-state index is 12.8. The van der Waals surface area contributed by atoms with Crippen LogP contribution in [0.5, 0.6) is 5.75 Å². The lowest BCUT2D eigenvalue weighted by molar-refractivity contribution is 0.144. The molecule has 0 radical (unpaired) electrons. The molecule has 0 aliphatic rings. The summed E-state index contributed by atoms with van der Waals surface area (Å²) in [7, 11) is 0.